The highest BCUT2D eigenvalue weighted by Crippen LogP contribution is 2.44. The molecule has 0 aliphatic rings. The van der Waals surface area contributed by atoms with E-state index in [1.165, 1.54) is 380 Å². The molecule has 548 valence electrons. The highest BCUT2D eigenvalue weighted by atomic mass is 15.0. The maximum atomic E-state index is 2.69. The van der Waals surface area contributed by atoms with Crippen LogP contribution >= 0.6 is 0 Å². The van der Waals surface area contributed by atoms with Crippen LogP contribution in [0.4, 0.5) is 0 Å². The number of unbranched alkanes of at least 4 members (excludes halogenated alkanes) is 28. The Morgan fingerprint density at radius 2 is 0.288 bits per heavy atom. The third kappa shape index (κ3) is 16.4. The van der Waals surface area contributed by atoms with Crippen LogP contribution < -0.4 is 0 Å². The van der Waals surface area contributed by atoms with Crippen LogP contribution in [0.15, 0.2) is 121 Å². The molecular weight excluding hydrogens is 1260 g/mol. The summed E-state index contributed by atoms with van der Waals surface area (Å²) in [7, 11) is 0. The first-order chi connectivity index (χ1) is 50.7. The summed E-state index contributed by atoms with van der Waals surface area (Å²) in [5.74, 6) is 0. The van der Waals surface area contributed by atoms with Crippen molar-refractivity contribution >= 4 is 130 Å². The predicted octanol–water partition coefficient (Wildman–Crippen LogP) is 31.4. The summed E-state index contributed by atoms with van der Waals surface area (Å²) in [5, 5.41) is 22.2. The van der Waals surface area contributed by atoms with E-state index in [1.54, 1.807) is 0 Å². The zero-order valence-electron chi connectivity index (χ0n) is 66.8. The third-order valence-electron chi connectivity index (χ3n) is 24.9. The highest BCUT2D eigenvalue weighted by Gasteiger charge is 2.22. The van der Waals surface area contributed by atoms with Gasteiger partial charge in [0.1, 0.15) is 0 Å². The van der Waals surface area contributed by atoms with Gasteiger partial charge in [0.25, 0.3) is 0 Å². The molecule has 0 saturated heterocycles. The number of rotatable bonds is 36. The van der Waals surface area contributed by atoms with Crippen LogP contribution in [0.25, 0.3) is 130 Å². The average molecular weight is 1390 g/mol. The topological polar surface area (TPSA) is 19.7 Å². The van der Waals surface area contributed by atoms with Gasteiger partial charge in [-0.1, -0.05) is 256 Å². The Morgan fingerprint density at radius 3 is 0.462 bits per heavy atom. The van der Waals surface area contributed by atoms with Crippen molar-refractivity contribution in [3.8, 4) is 0 Å². The predicted molar refractivity (Wildman–Crippen MR) is 463 cm³/mol. The maximum absolute atomic E-state index is 2.69. The van der Waals surface area contributed by atoms with Crippen molar-refractivity contribution in [2.45, 2.75) is 315 Å². The molecule has 0 spiro atoms. The second-order valence-corrected chi connectivity index (χ2v) is 32.9. The number of benzene rings is 10. The van der Waals surface area contributed by atoms with Gasteiger partial charge in [-0.05, 0) is 241 Å². The lowest BCUT2D eigenvalue weighted by Crippen LogP contribution is -1.99. The fourth-order valence-electron chi connectivity index (χ4n) is 18.0. The van der Waals surface area contributed by atoms with E-state index in [4.69, 9.17) is 0 Å². The van der Waals surface area contributed by atoms with Gasteiger partial charge in [0, 0.05) is 113 Å². The van der Waals surface area contributed by atoms with Crippen molar-refractivity contribution in [2.24, 2.45) is 0 Å². The first-order valence-electron chi connectivity index (χ1n) is 42.4. The molecule has 0 amide bonds. The Hall–Kier alpha value is -7.56. The molecule has 4 aromatic heterocycles. The summed E-state index contributed by atoms with van der Waals surface area (Å²) in [6, 6.07) is 49.5. The molecule has 4 heteroatoms. The van der Waals surface area contributed by atoms with E-state index in [0.29, 0.717) is 0 Å². The fourth-order valence-corrected chi connectivity index (χ4v) is 18.0. The molecular formula is C100H128N4. The van der Waals surface area contributed by atoms with Crippen LogP contribution in [0.3, 0.4) is 0 Å². The van der Waals surface area contributed by atoms with Gasteiger partial charge in [-0.2, -0.15) is 0 Å². The second kappa shape index (κ2) is 34.8. The molecule has 104 heavy (non-hydrogen) atoms. The van der Waals surface area contributed by atoms with Crippen molar-refractivity contribution in [1.82, 2.24) is 18.3 Å². The first-order valence-corrected chi connectivity index (χ1v) is 42.4. The van der Waals surface area contributed by atoms with Gasteiger partial charge >= 0.3 is 0 Å². The van der Waals surface area contributed by atoms with Crippen LogP contribution in [0.5, 0.6) is 0 Å². The quantitative estimate of drug-likeness (QED) is 0.0349. The Bertz CT molecular complexity index is 4650. The molecule has 0 atom stereocenters. The van der Waals surface area contributed by atoms with E-state index in [-0.39, 0.29) is 0 Å². The smallest absolute Gasteiger partial charge is 0.0499 e. The van der Waals surface area contributed by atoms with E-state index < -0.39 is 0 Å². The summed E-state index contributed by atoms with van der Waals surface area (Å²) in [4.78, 5) is 0. The van der Waals surface area contributed by atoms with Gasteiger partial charge in [0.15, 0.2) is 0 Å². The van der Waals surface area contributed by atoms with E-state index >= 15 is 0 Å². The number of nitrogens with zero attached hydrogens (tertiary/aromatic N) is 4. The normalized spacial score (nSPS) is 12.3. The third-order valence-corrected chi connectivity index (χ3v) is 24.9. The highest BCUT2D eigenvalue weighted by molar-refractivity contribution is 6.23. The van der Waals surface area contributed by atoms with Crippen LogP contribution in [0, 0.1) is 55.4 Å². The molecule has 4 nitrogen and oxygen atoms in total. The molecule has 0 fully saturated rings. The van der Waals surface area contributed by atoms with Crippen molar-refractivity contribution in [1.29, 1.82) is 0 Å². The van der Waals surface area contributed by atoms with Crippen LogP contribution in [0.2, 0.25) is 0 Å². The molecule has 0 N–H and O–H groups in total. The molecule has 14 rings (SSSR count). The van der Waals surface area contributed by atoms with E-state index in [9.17, 15) is 0 Å². The lowest BCUT2D eigenvalue weighted by atomic mass is 9.99. The molecule has 4 heterocycles. The first kappa shape index (κ1) is 74.7. The number of aromatic nitrogens is 4. The maximum Gasteiger partial charge on any atom is 0.0499 e. The van der Waals surface area contributed by atoms with Crippen LogP contribution in [-0.2, 0) is 26.2 Å². The minimum atomic E-state index is 1.08. The molecule has 0 radical (unpaired) electrons. The summed E-state index contributed by atoms with van der Waals surface area (Å²) in [6.45, 7) is 31.6. The van der Waals surface area contributed by atoms with Crippen LogP contribution in [0.1, 0.15) is 278 Å². The standard InChI is InChI=1S/2C50H64N2/c2*1-7-9-11-13-15-17-19-21-23-51-47-31-41-27-37(5)35(3)25-39(41)29-43(47)45-34-50-46(33-49(45)51)44-30-40-26-36(4)38(6)28-42(40)32-48(44)52(50)24-22-20-18-16-14-12-10-8-2/h2*25-34H,7-24H2,1-6H3. The van der Waals surface area contributed by atoms with Crippen molar-refractivity contribution in [3.05, 3.63) is 166 Å². The Kier molecular flexibility index (Phi) is 25.0. The molecule has 0 unspecified atom stereocenters. The molecule has 0 saturated carbocycles. The van der Waals surface area contributed by atoms with Crippen molar-refractivity contribution in [2.75, 3.05) is 0 Å². The largest absolute Gasteiger partial charge is 0.340 e. The van der Waals surface area contributed by atoms with E-state index in [0.717, 1.165) is 26.2 Å². The lowest BCUT2D eigenvalue weighted by molar-refractivity contribution is 0.552. The number of fused-ring (bicyclic) bond motifs is 16. The van der Waals surface area contributed by atoms with E-state index in [2.05, 4.69) is 223 Å². The van der Waals surface area contributed by atoms with Gasteiger partial charge < -0.3 is 18.3 Å². The Morgan fingerprint density at radius 1 is 0.154 bits per heavy atom. The molecule has 0 aliphatic heterocycles. The molecule has 0 bridgehead atoms. The summed E-state index contributed by atoms with van der Waals surface area (Å²) >= 11 is 0. The van der Waals surface area contributed by atoms with Gasteiger partial charge in [-0.25, -0.2) is 0 Å². The number of hydrogen-bond donors (Lipinski definition) is 0. The summed E-state index contributed by atoms with van der Waals surface area (Å²) in [5.41, 5.74) is 22.2. The molecule has 0 aliphatic carbocycles. The van der Waals surface area contributed by atoms with Crippen molar-refractivity contribution < 1.29 is 0 Å². The van der Waals surface area contributed by atoms with Crippen LogP contribution in [-0.4, -0.2) is 18.3 Å². The minimum Gasteiger partial charge on any atom is -0.340 e. The fraction of sp³-hybridized carbons (Fsp3) is 0.480. The average Bonchev–Trinajstić information content (AvgIpc) is 1.56. The lowest BCUT2D eigenvalue weighted by Gasteiger charge is -2.10. The van der Waals surface area contributed by atoms with E-state index in [1.807, 2.05) is 0 Å². The molecule has 14 aromatic rings. The van der Waals surface area contributed by atoms with Crippen molar-refractivity contribution in [3.63, 3.8) is 0 Å². The summed E-state index contributed by atoms with van der Waals surface area (Å²) < 4.78 is 10.7. The van der Waals surface area contributed by atoms with Gasteiger partial charge in [0.2, 0.25) is 0 Å². The minimum absolute atomic E-state index is 1.08. The van der Waals surface area contributed by atoms with Gasteiger partial charge in [-0.3, -0.25) is 0 Å². The zero-order chi connectivity index (χ0) is 72.4. The number of hydrogen-bond acceptors (Lipinski definition) is 0. The van der Waals surface area contributed by atoms with Gasteiger partial charge in [0.05, 0.1) is 0 Å². The second-order valence-electron chi connectivity index (χ2n) is 32.9. The Labute approximate surface area is 625 Å². The Balaban J connectivity index is 0.000000185. The monoisotopic (exact) mass is 1390 g/mol. The SMILES string of the molecule is CCCCCCCCCCn1c2cc3cc(C)c(C)cc3cc2c2cc3c(cc21)c1cc2cc(C)c(C)cc2cc1n3CCCCCCCCCC.CCCCCCCCCCn1c2cc3cc(C)c(C)cc3cc2c2cc3c(cc21)c1cc2cc(C)c(C)cc2cc1n3CCCCCCCCCC. The molecule has 10 aromatic carbocycles. The van der Waals surface area contributed by atoms with Gasteiger partial charge in [-0.15, -0.1) is 0 Å². The number of aryl methyl sites for hydroxylation is 12. The zero-order valence-corrected chi connectivity index (χ0v) is 66.8. The summed E-state index contributed by atoms with van der Waals surface area (Å²) in [6.07, 6.45) is 43.1.